The van der Waals surface area contributed by atoms with Gasteiger partial charge < -0.3 is 9.47 Å². The SMILES string of the molecule is COc1c(Br)c(Br)cc(Br)c1Oc1cc(Br)cc(Br)c1C=O. The van der Waals surface area contributed by atoms with Crippen molar-refractivity contribution in [1.82, 2.24) is 0 Å². The zero-order valence-electron chi connectivity index (χ0n) is 10.9. The molecule has 0 radical (unpaired) electrons. The van der Waals surface area contributed by atoms with Crippen LogP contribution in [0.4, 0.5) is 0 Å². The molecule has 2 aromatic carbocycles. The van der Waals surface area contributed by atoms with E-state index in [1.807, 2.05) is 6.07 Å². The lowest BCUT2D eigenvalue weighted by atomic mass is 10.2. The minimum Gasteiger partial charge on any atom is -0.492 e. The van der Waals surface area contributed by atoms with Crippen molar-refractivity contribution in [3.05, 3.63) is 46.1 Å². The predicted molar refractivity (Wildman–Crippen MR) is 103 cm³/mol. The van der Waals surface area contributed by atoms with Crippen LogP contribution in [0.15, 0.2) is 40.6 Å². The Hall–Kier alpha value is 0.110. The van der Waals surface area contributed by atoms with Gasteiger partial charge in [-0.25, -0.2) is 0 Å². The summed E-state index contributed by atoms with van der Waals surface area (Å²) >= 11 is 17.0. The molecule has 0 spiro atoms. The molecule has 0 saturated heterocycles. The van der Waals surface area contributed by atoms with Crippen LogP contribution >= 0.6 is 79.6 Å². The quantitative estimate of drug-likeness (QED) is 0.269. The van der Waals surface area contributed by atoms with Crippen LogP contribution in [-0.4, -0.2) is 13.4 Å². The second-order valence-electron chi connectivity index (χ2n) is 4.04. The van der Waals surface area contributed by atoms with E-state index in [9.17, 15) is 4.79 Å². The lowest BCUT2D eigenvalue weighted by Crippen LogP contribution is -1.97. The number of ether oxygens (including phenoxy) is 2. The predicted octanol–water partition coefficient (Wildman–Crippen LogP) is 7.11. The summed E-state index contributed by atoms with van der Waals surface area (Å²) in [5.74, 6) is 1.38. The van der Waals surface area contributed by atoms with Crippen LogP contribution in [-0.2, 0) is 0 Å². The first-order valence-electron chi connectivity index (χ1n) is 5.72. The Bertz CT molecular complexity index is 746. The van der Waals surface area contributed by atoms with E-state index in [4.69, 9.17) is 9.47 Å². The third-order valence-electron chi connectivity index (χ3n) is 2.68. The van der Waals surface area contributed by atoms with Crippen molar-refractivity contribution in [3.8, 4) is 17.2 Å². The molecule has 0 aliphatic heterocycles. The molecule has 0 unspecified atom stereocenters. The molecular weight excluding hydrogens is 616 g/mol. The molecule has 0 aromatic heterocycles. The molecule has 0 amide bonds. The van der Waals surface area contributed by atoms with Crippen LogP contribution < -0.4 is 9.47 Å². The summed E-state index contributed by atoms with van der Waals surface area (Å²) in [6.07, 6.45) is 0.736. The van der Waals surface area contributed by atoms with Crippen molar-refractivity contribution in [2.24, 2.45) is 0 Å². The molecule has 0 aliphatic rings. The maximum absolute atomic E-state index is 11.3. The maximum Gasteiger partial charge on any atom is 0.184 e. The molecule has 2 rings (SSSR count). The summed E-state index contributed by atoms with van der Waals surface area (Å²) < 4.78 is 15.0. The molecule has 0 N–H and O–H groups in total. The van der Waals surface area contributed by atoms with Crippen molar-refractivity contribution in [3.63, 3.8) is 0 Å². The van der Waals surface area contributed by atoms with Gasteiger partial charge in [-0.3, -0.25) is 4.79 Å². The van der Waals surface area contributed by atoms with Gasteiger partial charge in [0.05, 0.1) is 21.6 Å². The minimum atomic E-state index is 0.407. The number of hydrogen-bond acceptors (Lipinski definition) is 3. The van der Waals surface area contributed by atoms with Crippen LogP contribution in [0.5, 0.6) is 17.2 Å². The lowest BCUT2D eigenvalue weighted by Gasteiger charge is -2.16. The standard InChI is InChI=1S/C14H7Br5O3/c1-21-14-12(19)9(17)4-10(18)13(14)22-11-3-6(15)2-8(16)7(11)5-20/h2-5H,1H3. The highest BCUT2D eigenvalue weighted by atomic mass is 79.9. The number of carbonyl (C=O) groups excluding carboxylic acids is 1. The third-order valence-corrected chi connectivity index (χ3v) is 6.32. The van der Waals surface area contributed by atoms with E-state index in [0.717, 1.165) is 19.7 Å². The number of carbonyl (C=O) groups is 1. The normalized spacial score (nSPS) is 10.5. The van der Waals surface area contributed by atoms with Gasteiger partial charge in [0.2, 0.25) is 0 Å². The first kappa shape index (κ1) is 18.4. The molecule has 8 heteroatoms. The number of benzene rings is 2. The zero-order valence-corrected chi connectivity index (χ0v) is 18.9. The Morgan fingerprint density at radius 3 is 2.18 bits per heavy atom. The largest absolute Gasteiger partial charge is 0.492 e. The highest BCUT2D eigenvalue weighted by molar-refractivity contribution is 9.13. The van der Waals surface area contributed by atoms with Gasteiger partial charge in [-0.15, -0.1) is 0 Å². The molecule has 0 fully saturated rings. The Morgan fingerprint density at radius 2 is 1.59 bits per heavy atom. The minimum absolute atomic E-state index is 0.407. The van der Waals surface area contributed by atoms with E-state index in [1.165, 1.54) is 0 Å². The smallest absolute Gasteiger partial charge is 0.184 e. The van der Waals surface area contributed by atoms with Gasteiger partial charge in [0.1, 0.15) is 5.75 Å². The molecule has 3 nitrogen and oxygen atoms in total. The first-order valence-corrected chi connectivity index (χ1v) is 9.69. The van der Waals surface area contributed by atoms with Crippen LogP contribution in [0.3, 0.4) is 0 Å². The molecule has 0 bridgehead atoms. The summed E-state index contributed by atoms with van der Waals surface area (Å²) in [7, 11) is 1.54. The highest BCUT2D eigenvalue weighted by Crippen LogP contribution is 2.47. The Balaban J connectivity index is 2.62. The summed E-state index contributed by atoms with van der Waals surface area (Å²) in [4.78, 5) is 11.3. The number of rotatable bonds is 4. The van der Waals surface area contributed by atoms with Gasteiger partial charge in [0, 0.05) is 13.4 Å². The van der Waals surface area contributed by atoms with Crippen molar-refractivity contribution < 1.29 is 14.3 Å². The Morgan fingerprint density at radius 1 is 0.909 bits per heavy atom. The Kier molecular flexibility index (Phi) is 6.53. The van der Waals surface area contributed by atoms with E-state index in [-0.39, 0.29) is 0 Å². The second-order valence-corrected chi connectivity index (χ2v) is 8.31. The number of halogens is 5. The van der Waals surface area contributed by atoms with Gasteiger partial charge in [0.25, 0.3) is 0 Å². The topological polar surface area (TPSA) is 35.5 Å². The fourth-order valence-electron chi connectivity index (χ4n) is 1.70. The number of aldehydes is 1. The monoisotopic (exact) mass is 618 g/mol. The van der Waals surface area contributed by atoms with Gasteiger partial charge in [-0.1, -0.05) is 15.9 Å². The van der Waals surface area contributed by atoms with E-state index in [0.29, 0.717) is 31.8 Å². The summed E-state index contributed by atoms with van der Waals surface area (Å²) in [6.45, 7) is 0. The van der Waals surface area contributed by atoms with Gasteiger partial charge in [0.15, 0.2) is 17.8 Å². The second kappa shape index (κ2) is 7.79. The highest BCUT2D eigenvalue weighted by Gasteiger charge is 2.19. The Labute approximate surface area is 169 Å². The average Bonchev–Trinajstić information content (AvgIpc) is 2.44. The van der Waals surface area contributed by atoms with Crippen molar-refractivity contribution >= 4 is 85.9 Å². The fourth-order valence-corrected chi connectivity index (χ4v) is 4.65. The van der Waals surface area contributed by atoms with E-state index in [2.05, 4.69) is 79.6 Å². The van der Waals surface area contributed by atoms with Crippen molar-refractivity contribution in [2.45, 2.75) is 0 Å². The van der Waals surface area contributed by atoms with Crippen LogP contribution in [0.2, 0.25) is 0 Å². The molecule has 116 valence electrons. The van der Waals surface area contributed by atoms with Crippen LogP contribution in [0.25, 0.3) is 0 Å². The maximum atomic E-state index is 11.3. The molecule has 0 atom stereocenters. The summed E-state index contributed by atoms with van der Waals surface area (Å²) in [6, 6.07) is 5.33. The van der Waals surface area contributed by atoms with Gasteiger partial charge in [-0.05, 0) is 81.9 Å². The fraction of sp³-hybridized carbons (Fsp3) is 0.0714. The molecule has 2 aromatic rings. The van der Waals surface area contributed by atoms with Gasteiger partial charge in [-0.2, -0.15) is 0 Å². The zero-order chi connectivity index (χ0) is 16.4. The molecule has 22 heavy (non-hydrogen) atoms. The van der Waals surface area contributed by atoms with E-state index >= 15 is 0 Å². The molecular formula is C14H7Br5O3. The van der Waals surface area contributed by atoms with Crippen molar-refractivity contribution in [1.29, 1.82) is 0 Å². The number of methoxy groups -OCH3 is 1. The molecule has 0 heterocycles. The summed E-state index contributed by atoms with van der Waals surface area (Å²) in [5, 5.41) is 0. The average molecular weight is 623 g/mol. The lowest BCUT2D eigenvalue weighted by molar-refractivity contribution is 0.112. The summed E-state index contributed by atoms with van der Waals surface area (Å²) in [5.41, 5.74) is 0.413. The van der Waals surface area contributed by atoms with Crippen molar-refractivity contribution in [2.75, 3.05) is 7.11 Å². The third kappa shape index (κ3) is 3.77. The molecule has 0 aliphatic carbocycles. The first-order chi connectivity index (χ1) is 10.4. The van der Waals surface area contributed by atoms with Gasteiger partial charge >= 0.3 is 0 Å². The van der Waals surface area contributed by atoms with Crippen LogP contribution in [0.1, 0.15) is 10.4 Å². The van der Waals surface area contributed by atoms with E-state index < -0.39 is 0 Å². The van der Waals surface area contributed by atoms with Crippen LogP contribution in [0, 0.1) is 0 Å². The molecule has 0 saturated carbocycles. The van der Waals surface area contributed by atoms with E-state index in [1.54, 1.807) is 19.2 Å². The number of hydrogen-bond donors (Lipinski definition) is 0.